The Balaban J connectivity index is 1.54. The van der Waals surface area contributed by atoms with Crippen molar-refractivity contribution in [3.8, 4) is 0 Å². The molecule has 0 unspecified atom stereocenters. The average Bonchev–Trinajstić information content (AvgIpc) is 3.00. The number of anilines is 1. The molecule has 0 radical (unpaired) electrons. The molecule has 25 heavy (non-hydrogen) atoms. The third-order valence-electron chi connectivity index (χ3n) is 5.13. The van der Waals surface area contributed by atoms with Gasteiger partial charge in [0.25, 0.3) is 0 Å². The molecule has 0 aromatic heterocycles. The molecule has 0 aliphatic carbocycles. The van der Waals surface area contributed by atoms with E-state index in [1.807, 2.05) is 20.8 Å². The van der Waals surface area contributed by atoms with Crippen LogP contribution in [-0.2, 0) is 9.59 Å². The molecular weight excluding hydrogens is 321 g/mol. The summed E-state index contributed by atoms with van der Waals surface area (Å²) in [6.45, 7) is 5.78. The minimum absolute atomic E-state index is 0.0699. The number of rotatable bonds is 5. The van der Waals surface area contributed by atoms with Gasteiger partial charge in [0, 0.05) is 45.7 Å². The molecule has 0 N–H and O–H groups in total. The molecule has 0 bridgehead atoms. The van der Waals surface area contributed by atoms with Gasteiger partial charge in [-0.25, -0.2) is 4.39 Å². The van der Waals surface area contributed by atoms with Crippen molar-refractivity contribution in [2.45, 2.75) is 26.2 Å². The van der Waals surface area contributed by atoms with Crippen LogP contribution in [-0.4, -0.2) is 60.9 Å². The van der Waals surface area contributed by atoms with Crippen LogP contribution >= 0.6 is 0 Å². The fraction of sp³-hybridized carbons (Fsp3) is 0.579. The Labute approximate surface area is 148 Å². The predicted octanol–water partition coefficient (Wildman–Crippen LogP) is 2.12. The number of hydrogen-bond donors (Lipinski definition) is 0. The summed E-state index contributed by atoms with van der Waals surface area (Å²) >= 11 is 0. The number of para-hydroxylation sites is 1. The number of carbonyl (C=O) groups excluding carboxylic acids is 2. The zero-order valence-corrected chi connectivity index (χ0v) is 14.8. The van der Waals surface area contributed by atoms with E-state index in [1.165, 1.54) is 6.07 Å². The van der Waals surface area contributed by atoms with Crippen LogP contribution in [0.3, 0.4) is 0 Å². The standard InChI is InChI=1S/C19H26FN3O2/c1-2-3-8-23-14-15(13-18(23)24)19(25)22-11-9-21(10-12-22)17-7-5-4-6-16(17)20/h4-7,15H,2-3,8-14H2,1H3/t15-/m0/s1. The van der Waals surface area contributed by atoms with Crippen LogP contribution < -0.4 is 4.90 Å². The number of hydrogen-bond acceptors (Lipinski definition) is 3. The second kappa shape index (κ2) is 7.85. The molecule has 2 aliphatic rings. The molecule has 3 rings (SSSR count). The van der Waals surface area contributed by atoms with Crippen LogP contribution in [0.4, 0.5) is 10.1 Å². The largest absolute Gasteiger partial charge is 0.366 e. The fourth-order valence-electron chi connectivity index (χ4n) is 3.64. The fourth-order valence-corrected chi connectivity index (χ4v) is 3.64. The molecule has 6 heteroatoms. The highest BCUT2D eigenvalue weighted by Crippen LogP contribution is 2.24. The highest BCUT2D eigenvalue weighted by molar-refractivity contribution is 5.89. The molecule has 2 amide bonds. The van der Waals surface area contributed by atoms with E-state index in [9.17, 15) is 14.0 Å². The van der Waals surface area contributed by atoms with E-state index in [2.05, 4.69) is 6.92 Å². The smallest absolute Gasteiger partial charge is 0.228 e. The van der Waals surface area contributed by atoms with Gasteiger partial charge in [-0.05, 0) is 18.6 Å². The summed E-state index contributed by atoms with van der Waals surface area (Å²) in [6.07, 6.45) is 2.35. The molecule has 1 aromatic rings. The van der Waals surface area contributed by atoms with Gasteiger partial charge in [0.1, 0.15) is 5.82 Å². The summed E-state index contributed by atoms with van der Waals surface area (Å²) in [4.78, 5) is 30.4. The summed E-state index contributed by atoms with van der Waals surface area (Å²) in [5.41, 5.74) is 0.594. The highest BCUT2D eigenvalue weighted by atomic mass is 19.1. The van der Waals surface area contributed by atoms with Crippen LogP contribution in [0.1, 0.15) is 26.2 Å². The second-order valence-corrected chi connectivity index (χ2v) is 6.86. The summed E-state index contributed by atoms with van der Waals surface area (Å²) < 4.78 is 13.9. The average molecular weight is 347 g/mol. The molecule has 1 aromatic carbocycles. The summed E-state index contributed by atoms with van der Waals surface area (Å²) in [7, 11) is 0. The van der Waals surface area contributed by atoms with E-state index < -0.39 is 0 Å². The maximum atomic E-state index is 13.9. The molecule has 0 saturated carbocycles. The normalized spacial score (nSPS) is 21.1. The minimum atomic E-state index is -0.227. The van der Waals surface area contributed by atoms with E-state index in [0.717, 1.165) is 19.4 Å². The molecule has 2 aliphatic heterocycles. The molecule has 2 fully saturated rings. The van der Waals surface area contributed by atoms with Crippen LogP contribution in [0.2, 0.25) is 0 Å². The van der Waals surface area contributed by atoms with Gasteiger partial charge in [-0.3, -0.25) is 9.59 Å². The Kier molecular flexibility index (Phi) is 5.56. The lowest BCUT2D eigenvalue weighted by Crippen LogP contribution is -2.51. The first kappa shape index (κ1) is 17.7. The summed E-state index contributed by atoms with van der Waals surface area (Å²) in [6, 6.07) is 6.74. The molecular formula is C19H26FN3O2. The van der Waals surface area contributed by atoms with Crippen LogP contribution in [0, 0.1) is 11.7 Å². The Hall–Kier alpha value is -2.11. The van der Waals surface area contributed by atoms with Gasteiger partial charge in [-0.15, -0.1) is 0 Å². The maximum absolute atomic E-state index is 13.9. The SMILES string of the molecule is CCCCN1C[C@@H](C(=O)N2CCN(c3ccccc3F)CC2)CC1=O. The monoisotopic (exact) mass is 347 g/mol. The van der Waals surface area contributed by atoms with E-state index in [0.29, 0.717) is 44.8 Å². The van der Waals surface area contributed by atoms with Crippen LogP contribution in [0.15, 0.2) is 24.3 Å². The predicted molar refractivity (Wildman–Crippen MR) is 94.8 cm³/mol. The van der Waals surface area contributed by atoms with Crippen LogP contribution in [0.5, 0.6) is 0 Å². The van der Waals surface area contributed by atoms with Gasteiger partial charge < -0.3 is 14.7 Å². The number of amides is 2. The first-order valence-corrected chi connectivity index (χ1v) is 9.16. The topological polar surface area (TPSA) is 43.9 Å². The number of carbonyl (C=O) groups is 2. The van der Waals surface area contributed by atoms with Crippen LogP contribution in [0.25, 0.3) is 0 Å². The molecule has 5 nitrogen and oxygen atoms in total. The first-order valence-electron chi connectivity index (χ1n) is 9.16. The Morgan fingerprint density at radius 3 is 2.60 bits per heavy atom. The van der Waals surface area contributed by atoms with Crippen molar-refractivity contribution >= 4 is 17.5 Å². The lowest BCUT2D eigenvalue weighted by molar-refractivity contribution is -0.136. The van der Waals surface area contributed by atoms with Crippen molar-refractivity contribution in [3.05, 3.63) is 30.1 Å². The van der Waals surface area contributed by atoms with E-state index >= 15 is 0 Å². The van der Waals surface area contributed by atoms with Crippen molar-refractivity contribution in [2.75, 3.05) is 44.2 Å². The Morgan fingerprint density at radius 2 is 1.92 bits per heavy atom. The number of unbranched alkanes of at least 4 members (excludes halogenated alkanes) is 1. The van der Waals surface area contributed by atoms with Gasteiger partial charge in [-0.2, -0.15) is 0 Å². The molecule has 0 spiro atoms. The van der Waals surface area contributed by atoms with E-state index in [-0.39, 0.29) is 23.5 Å². The molecule has 2 saturated heterocycles. The Bertz CT molecular complexity index is 629. The third-order valence-corrected chi connectivity index (χ3v) is 5.13. The number of benzene rings is 1. The minimum Gasteiger partial charge on any atom is -0.366 e. The van der Waals surface area contributed by atoms with E-state index in [4.69, 9.17) is 0 Å². The zero-order valence-electron chi connectivity index (χ0n) is 14.8. The third kappa shape index (κ3) is 3.94. The van der Waals surface area contributed by atoms with Gasteiger partial charge in [0.15, 0.2) is 0 Å². The van der Waals surface area contributed by atoms with Gasteiger partial charge >= 0.3 is 0 Å². The van der Waals surface area contributed by atoms with Crippen molar-refractivity contribution in [1.29, 1.82) is 0 Å². The van der Waals surface area contributed by atoms with Gasteiger partial charge in [-0.1, -0.05) is 25.5 Å². The number of halogens is 1. The second-order valence-electron chi connectivity index (χ2n) is 6.86. The van der Waals surface area contributed by atoms with Gasteiger partial charge in [0.2, 0.25) is 11.8 Å². The number of piperazine rings is 1. The van der Waals surface area contributed by atoms with Crippen molar-refractivity contribution in [2.24, 2.45) is 5.92 Å². The Morgan fingerprint density at radius 1 is 1.20 bits per heavy atom. The summed E-state index contributed by atoms with van der Waals surface area (Å²) in [5, 5.41) is 0. The lowest BCUT2D eigenvalue weighted by Gasteiger charge is -2.37. The maximum Gasteiger partial charge on any atom is 0.228 e. The van der Waals surface area contributed by atoms with Crippen molar-refractivity contribution < 1.29 is 14.0 Å². The zero-order chi connectivity index (χ0) is 17.8. The number of likely N-dealkylation sites (tertiary alicyclic amines) is 1. The lowest BCUT2D eigenvalue weighted by atomic mass is 10.1. The quantitative estimate of drug-likeness (QED) is 0.820. The van der Waals surface area contributed by atoms with E-state index in [1.54, 1.807) is 12.1 Å². The highest BCUT2D eigenvalue weighted by Gasteiger charge is 2.37. The van der Waals surface area contributed by atoms with Gasteiger partial charge in [0.05, 0.1) is 11.6 Å². The summed E-state index contributed by atoms with van der Waals surface area (Å²) in [5.74, 6) is -0.281. The van der Waals surface area contributed by atoms with Crippen molar-refractivity contribution in [1.82, 2.24) is 9.80 Å². The number of nitrogens with zero attached hydrogens (tertiary/aromatic N) is 3. The molecule has 136 valence electrons. The first-order chi connectivity index (χ1) is 12.1. The van der Waals surface area contributed by atoms with Crippen molar-refractivity contribution in [3.63, 3.8) is 0 Å². The molecule has 1 atom stereocenters. The molecule has 2 heterocycles.